The third-order valence-electron chi connectivity index (χ3n) is 4.92. The van der Waals surface area contributed by atoms with Crippen molar-refractivity contribution >= 4 is 34.9 Å². The molecule has 0 radical (unpaired) electrons. The van der Waals surface area contributed by atoms with Crippen molar-refractivity contribution in [1.29, 1.82) is 0 Å². The van der Waals surface area contributed by atoms with Crippen LogP contribution in [0.1, 0.15) is 39.9 Å². The molecule has 3 atom stereocenters. The van der Waals surface area contributed by atoms with Crippen LogP contribution in [-0.4, -0.2) is 11.1 Å². The van der Waals surface area contributed by atoms with E-state index in [1.165, 1.54) is 0 Å². The molecule has 3 nitrogen and oxygen atoms in total. The highest BCUT2D eigenvalue weighted by molar-refractivity contribution is 6.35. The lowest BCUT2D eigenvalue weighted by molar-refractivity contribution is 0.0697. The second kappa shape index (κ2) is 5.83. The topological polar surface area (TPSA) is 49.3 Å². The SMILES string of the molecule is O=C(O)c1cccc2c1N[C@H](c1ccc(Cl)cc1Cl)[C@H]1CC=C[C@@H]21. The van der Waals surface area contributed by atoms with E-state index in [9.17, 15) is 9.90 Å². The van der Waals surface area contributed by atoms with Crippen molar-refractivity contribution in [2.45, 2.75) is 18.4 Å². The predicted octanol–water partition coefficient (Wildman–Crippen LogP) is 5.52. The van der Waals surface area contributed by atoms with Crippen molar-refractivity contribution in [3.63, 3.8) is 0 Å². The lowest BCUT2D eigenvalue weighted by Gasteiger charge is -2.38. The second-order valence-electron chi connectivity index (χ2n) is 6.22. The van der Waals surface area contributed by atoms with Crippen LogP contribution in [0.25, 0.3) is 0 Å². The number of carboxylic acid groups (broad SMARTS) is 1. The van der Waals surface area contributed by atoms with Crippen LogP contribution in [-0.2, 0) is 0 Å². The maximum absolute atomic E-state index is 11.6. The van der Waals surface area contributed by atoms with Crippen molar-refractivity contribution in [2.75, 3.05) is 5.32 Å². The molecule has 0 saturated heterocycles. The number of aromatic carboxylic acids is 1. The molecule has 0 spiro atoms. The van der Waals surface area contributed by atoms with Crippen molar-refractivity contribution in [1.82, 2.24) is 0 Å². The Balaban J connectivity index is 1.86. The molecular weight excluding hydrogens is 345 g/mol. The third-order valence-corrected chi connectivity index (χ3v) is 5.49. The maximum Gasteiger partial charge on any atom is 0.337 e. The number of halogens is 2. The summed E-state index contributed by atoms with van der Waals surface area (Å²) in [6, 6.07) is 10.9. The van der Waals surface area contributed by atoms with Crippen molar-refractivity contribution in [3.8, 4) is 0 Å². The van der Waals surface area contributed by atoms with Crippen LogP contribution in [0.2, 0.25) is 10.0 Å². The summed E-state index contributed by atoms with van der Waals surface area (Å²) in [6.45, 7) is 0. The molecular formula is C19H15Cl2NO2. The molecule has 1 aliphatic heterocycles. The van der Waals surface area contributed by atoms with E-state index in [-0.39, 0.29) is 12.0 Å². The van der Waals surface area contributed by atoms with Crippen LogP contribution in [0.15, 0.2) is 48.6 Å². The molecule has 0 bridgehead atoms. The van der Waals surface area contributed by atoms with E-state index in [2.05, 4.69) is 17.5 Å². The number of hydrogen-bond acceptors (Lipinski definition) is 2. The molecule has 2 N–H and O–H groups in total. The second-order valence-corrected chi connectivity index (χ2v) is 7.06. The molecule has 1 heterocycles. The van der Waals surface area contributed by atoms with E-state index >= 15 is 0 Å². The highest BCUT2D eigenvalue weighted by Crippen LogP contribution is 2.51. The molecule has 2 aromatic carbocycles. The first-order valence-electron chi connectivity index (χ1n) is 7.80. The molecule has 5 heteroatoms. The molecule has 1 aliphatic carbocycles. The Morgan fingerprint density at radius 1 is 1.17 bits per heavy atom. The zero-order chi connectivity index (χ0) is 16.8. The van der Waals surface area contributed by atoms with Crippen molar-refractivity contribution in [2.24, 2.45) is 5.92 Å². The van der Waals surface area contributed by atoms with Gasteiger partial charge in [-0.3, -0.25) is 0 Å². The zero-order valence-corrected chi connectivity index (χ0v) is 14.2. The van der Waals surface area contributed by atoms with Gasteiger partial charge in [0.25, 0.3) is 0 Å². The van der Waals surface area contributed by atoms with Crippen LogP contribution in [0, 0.1) is 5.92 Å². The summed E-state index contributed by atoms with van der Waals surface area (Å²) in [4.78, 5) is 11.6. The van der Waals surface area contributed by atoms with Gasteiger partial charge in [-0.25, -0.2) is 4.79 Å². The van der Waals surface area contributed by atoms with Crippen LogP contribution >= 0.6 is 23.2 Å². The van der Waals surface area contributed by atoms with E-state index in [1.54, 1.807) is 12.1 Å². The van der Waals surface area contributed by atoms with Gasteiger partial charge in [-0.05, 0) is 41.7 Å². The van der Waals surface area contributed by atoms with E-state index < -0.39 is 5.97 Å². The minimum atomic E-state index is -0.930. The minimum absolute atomic E-state index is 0.0530. The summed E-state index contributed by atoms with van der Waals surface area (Å²) in [5.74, 6) is -0.432. The van der Waals surface area contributed by atoms with Crippen LogP contribution in [0.5, 0.6) is 0 Å². The smallest absolute Gasteiger partial charge is 0.337 e. The average molecular weight is 360 g/mol. The predicted molar refractivity (Wildman–Crippen MR) is 96.2 cm³/mol. The molecule has 24 heavy (non-hydrogen) atoms. The Kier molecular flexibility index (Phi) is 3.78. The number of benzene rings is 2. The molecule has 2 aromatic rings. The number of para-hydroxylation sites is 1. The summed E-state index contributed by atoms with van der Waals surface area (Å²) in [5.41, 5.74) is 2.97. The fourth-order valence-corrected chi connectivity index (χ4v) is 4.39. The number of anilines is 1. The number of carbonyl (C=O) groups is 1. The first-order chi connectivity index (χ1) is 11.6. The Bertz CT molecular complexity index is 862. The molecule has 0 fully saturated rings. The summed E-state index contributed by atoms with van der Waals surface area (Å²) >= 11 is 12.4. The van der Waals surface area contributed by atoms with Gasteiger partial charge in [0.15, 0.2) is 0 Å². The monoisotopic (exact) mass is 359 g/mol. The van der Waals surface area contributed by atoms with E-state index in [1.807, 2.05) is 24.3 Å². The Hall–Kier alpha value is -1.97. The first kappa shape index (κ1) is 15.6. The van der Waals surface area contributed by atoms with Gasteiger partial charge < -0.3 is 10.4 Å². The summed E-state index contributed by atoms with van der Waals surface area (Å²) in [7, 11) is 0. The zero-order valence-electron chi connectivity index (χ0n) is 12.7. The number of fused-ring (bicyclic) bond motifs is 3. The molecule has 0 amide bonds. The fourth-order valence-electron chi connectivity index (χ4n) is 3.86. The number of rotatable bonds is 2. The number of allylic oxidation sites excluding steroid dienone is 2. The van der Waals surface area contributed by atoms with Gasteiger partial charge in [-0.2, -0.15) is 0 Å². The minimum Gasteiger partial charge on any atom is -0.478 e. The van der Waals surface area contributed by atoms with Gasteiger partial charge >= 0.3 is 5.97 Å². The van der Waals surface area contributed by atoms with E-state index in [0.29, 0.717) is 27.2 Å². The molecule has 4 rings (SSSR count). The van der Waals surface area contributed by atoms with E-state index in [0.717, 1.165) is 17.5 Å². The lowest BCUT2D eigenvalue weighted by Crippen LogP contribution is -2.30. The van der Waals surface area contributed by atoms with Crippen LogP contribution in [0.3, 0.4) is 0 Å². The summed E-state index contributed by atoms with van der Waals surface area (Å²) in [5, 5.41) is 14.2. The molecule has 0 saturated carbocycles. The third kappa shape index (κ3) is 2.40. The Morgan fingerprint density at radius 2 is 2.00 bits per heavy atom. The van der Waals surface area contributed by atoms with Gasteiger partial charge in [-0.1, -0.05) is 53.6 Å². The van der Waals surface area contributed by atoms with Crippen LogP contribution in [0.4, 0.5) is 5.69 Å². The van der Waals surface area contributed by atoms with E-state index in [4.69, 9.17) is 23.2 Å². The first-order valence-corrected chi connectivity index (χ1v) is 8.56. The summed E-state index contributed by atoms with van der Waals surface area (Å²) < 4.78 is 0. The van der Waals surface area contributed by atoms with Gasteiger partial charge in [-0.15, -0.1) is 0 Å². The highest BCUT2D eigenvalue weighted by atomic mass is 35.5. The standard InChI is InChI=1S/C19H15Cl2NO2/c20-10-7-8-14(16(21)9-10)17-12-4-1-3-11(12)13-5-2-6-15(19(23)24)18(13)22-17/h1-3,5-9,11-12,17,22H,4H2,(H,23,24)/t11-,12+,17+/m1/s1. The van der Waals surface area contributed by atoms with Crippen molar-refractivity contribution in [3.05, 3.63) is 75.3 Å². The van der Waals surface area contributed by atoms with Gasteiger partial charge in [0.1, 0.15) is 0 Å². The van der Waals surface area contributed by atoms with Crippen molar-refractivity contribution < 1.29 is 9.90 Å². The van der Waals surface area contributed by atoms with Gasteiger partial charge in [0, 0.05) is 16.0 Å². The Labute approximate surface area is 149 Å². The van der Waals surface area contributed by atoms with Gasteiger partial charge in [0.05, 0.1) is 17.3 Å². The van der Waals surface area contributed by atoms with Crippen LogP contribution < -0.4 is 5.32 Å². The lowest BCUT2D eigenvalue weighted by atomic mass is 9.76. The molecule has 2 aliphatic rings. The maximum atomic E-state index is 11.6. The molecule has 0 unspecified atom stereocenters. The average Bonchev–Trinajstić information content (AvgIpc) is 3.03. The molecule has 0 aromatic heterocycles. The van der Waals surface area contributed by atoms with Gasteiger partial charge in [0.2, 0.25) is 0 Å². The normalized spacial score (nSPS) is 24.2. The number of hydrogen-bond donors (Lipinski definition) is 2. The summed E-state index contributed by atoms with van der Waals surface area (Å²) in [6.07, 6.45) is 5.27. The number of nitrogens with one attached hydrogen (secondary N) is 1. The quantitative estimate of drug-likeness (QED) is 0.694. The highest BCUT2D eigenvalue weighted by Gasteiger charge is 2.39. The molecule has 122 valence electrons. The largest absolute Gasteiger partial charge is 0.478 e. The Morgan fingerprint density at radius 3 is 2.75 bits per heavy atom. The fraction of sp³-hybridized carbons (Fsp3) is 0.211. The number of carboxylic acids is 1.